The lowest BCUT2D eigenvalue weighted by molar-refractivity contribution is -0.141. The second-order valence-electron chi connectivity index (χ2n) is 3.21. The van der Waals surface area contributed by atoms with E-state index in [1.807, 2.05) is 0 Å². The summed E-state index contributed by atoms with van der Waals surface area (Å²) in [6.45, 7) is 1.63. The molecule has 4 nitrogen and oxygen atoms in total. The zero-order valence-corrected chi connectivity index (χ0v) is 10.3. The van der Waals surface area contributed by atoms with Gasteiger partial charge in [0.2, 0.25) is 0 Å². The Bertz CT molecular complexity index is 467. The van der Waals surface area contributed by atoms with E-state index in [0.29, 0.717) is 6.07 Å². The number of benzene rings is 1. The number of anilines is 1. The highest BCUT2D eigenvalue weighted by Crippen LogP contribution is 2.22. The summed E-state index contributed by atoms with van der Waals surface area (Å²) in [7, 11) is 0. The summed E-state index contributed by atoms with van der Waals surface area (Å²) in [5.41, 5.74) is 2.25. The lowest BCUT2D eigenvalue weighted by Crippen LogP contribution is -2.05. The molecule has 0 atom stereocenters. The molecule has 0 aliphatic rings. The Labute approximate surface area is 108 Å². The van der Waals surface area contributed by atoms with Crippen LogP contribution in [-0.2, 0) is 9.53 Å². The Hall–Kier alpha value is -1.69. The summed E-state index contributed by atoms with van der Waals surface area (Å²) in [4.78, 5) is 10.8. The summed E-state index contributed by atoms with van der Waals surface area (Å²) < 4.78 is 30.7. The molecule has 0 radical (unpaired) electrons. The highest BCUT2D eigenvalue weighted by Gasteiger charge is 2.07. The first-order valence-electron chi connectivity index (χ1n) is 5.12. The lowest BCUT2D eigenvalue weighted by Gasteiger charge is -2.03. The van der Waals surface area contributed by atoms with Gasteiger partial charge in [0.05, 0.1) is 16.9 Å². The van der Waals surface area contributed by atoms with Gasteiger partial charge in [0.25, 0.3) is 0 Å². The predicted molar refractivity (Wildman–Crippen MR) is 64.7 cm³/mol. The molecule has 0 saturated heterocycles. The van der Waals surface area contributed by atoms with Crippen LogP contribution in [0.5, 0.6) is 0 Å². The summed E-state index contributed by atoms with van der Waals surface area (Å²) in [5, 5.41) is 3.39. The predicted octanol–water partition coefficient (Wildman–Crippen LogP) is 2.97. The molecule has 0 aliphatic carbocycles. The molecular weight excluding hydrogens is 266 g/mol. The minimum atomic E-state index is -0.847. The highest BCUT2D eigenvalue weighted by molar-refractivity contribution is 6.31. The van der Waals surface area contributed by atoms with Crippen LogP contribution in [0.15, 0.2) is 17.2 Å². The maximum absolute atomic E-state index is 13.2. The lowest BCUT2D eigenvalue weighted by atomic mass is 10.3. The molecule has 7 heteroatoms. The Balaban J connectivity index is 2.51. The number of carbonyl (C=O) groups is 1. The highest BCUT2D eigenvalue weighted by atomic mass is 35.5. The molecule has 0 spiro atoms. The van der Waals surface area contributed by atoms with Crippen molar-refractivity contribution in [2.75, 3.05) is 12.0 Å². The Morgan fingerprint density at radius 1 is 1.50 bits per heavy atom. The largest absolute Gasteiger partial charge is 0.460 e. The fourth-order valence-corrected chi connectivity index (χ4v) is 1.16. The topological polar surface area (TPSA) is 50.7 Å². The number of nitrogens with one attached hydrogen (secondary N) is 1. The van der Waals surface area contributed by atoms with Crippen LogP contribution in [0.4, 0.5) is 14.5 Å². The van der Waals surface area contributed by atoms with Crippen LogP contribution in [0.3, 0.4) is 0 Å². The van der Waals surface area contributed by atoms with Gasteiger partial charge in [0.15, 0.2) is 5.82 Å². The first-order valence-corrected chi connectivity index (χ1v) is 5.50. The van der Waals surface area contributed by atoms with Crippen LogP contribution in [0.25, 0.3) is 0 Å². The van der Waals surface area contributed by atoms with Gasteiger partial charge in [-0.15, -0.1) is 0 Å². The second kappa shape index (κ2) is 6.90. The van der Waals surface area contributed by atoms with E-state index in [4.69, 9.17) is 16.3 Å². The van der Waals surface area contributed by atoms with Crippen LogP contribution in [0.1, 0.15) is 13.3 Å². The number of carbonyl (C=O) groups excluding carboxylic acids is 1. The number of esters is 1. The van der Waals surface area contributed by atoms with Gasteiger partial charge in [-0.2, -0.15) is 5.10 Å². The first-order chi connectivity index (χ1) is 8.54. The molecule has 0 aliphatic heterocycles. The van der Waals surface area contributed by atoms with Gasteiger partial charge in [-0.05, 0) is 6.07 Å². The van der Waals surface area contributed by atoms with Crippen molar-refractivity contribution in [1.29, 1.82) is 0 Å². The molecule has 1 N–H and O–H groups in total. The summed E-state index contributed by atoms with van der Waals surface area (Å²) in [6.07, 6.45) is 1.51. The van der Waals surface area contributed by atoms with E-state index in [1.165, 1.54) is 6.21 Å². The van der Waals surface area contributed by atoms with E-state index in [-0.39, 0.29) is 29.7 Å². The SMILES string of the molecule is CCC(=O)OC/C=N/Nc1cc(Cl)c(F)cc1F. The number of hydrogen-bond donors (Lipinski definition) is 1. The minimum Gasteiger partial charge on any atom is -0.460 e. The third-order valence-corrected chi connectivity index (χ3v) is 2.18. The first kappa shape index (κ1) is 14.4. The van der Waals surface area contributed by atoms with Gasteiger partial charge in [-0.25, -0.2) is 8.78 Å². The maximum atomic E-state index is 13.2. The van der Waals surface area contributed by atoms with Gasteiger partial charge in [0.1, 0.15) is 12.4 Å². The van der Waals surface area contributed by atoms with Crippen molar-refractivity contribution < 1.29 is 18.3 Å². The fourth-order valence-electron chi connectivity index (χ4n) is 0.993. The van der Waals surface area contributed by atoms with E-state index in [1.54, 1.807) is 6.92 Å². The summed E-state index contributed by atoms with van der Waals surface area (Å²) >= 11 is 5.48. The molecule has 0 saturated carbocycles. The Kier molecular flexibility index (Phi) is 5.51. The fraction of sp³-hybridized carbons (Fsp3) is 0.273. The van der Waals surface area contributed by atoms with Gasteiger partial charge >= 0.3 is 5.97 Å². The number of hydrogen-bond acceptors (Lipinski definition) is 4. The zero-order chi connectivity index (χ0) is 13.5. The van der Waals surface area contributed by atoms with Crippen molar-refractivity contribution >= 4 is 29.5 Å². The average molecular weight is 277 g/mol. The maximum Gasteiger partial charge on any atom is 0.305 e. The van der Waals surface area contributed by atoms with Gasteiger partial charge in [-0.3, -0.25) is 10.2 Å². The second-order valence-corrected chi connectivity index (χ2v) is 3.61. The molecule has 0 unspecified atom stereocenters. The van der Waals surface area contributed by atoms with Crippen molar-refractivity contribution in [2.45, 2.75) is 13.3 Å². The molecule has 1 rings (SSSR count). The van der Waals surface area contributed by atoms with Crippen molar-refractivity contribution in [3.63, 3.8) is 0 Å². The molecule has 0 bridgehead atoms. The molecule has 0 amide bonds. The number of ether oxygens (including phenoxy) is 1. The van der Waals surface area contributed by atoms with E-state index in [9.17, 15) is 13.6 Å². The van der Waals surface area contributed by atoms with E-state index in [2.05, 4.69) is 10.5 Å². The molecule has 0 fully saturated rings. The molecule has 0 aromatic heterocycles. The van der Waals surface area contributed by atoms with Crippen molar-refractivity contribution in [3.05, 3.63) is 28.8 Å². The number of rotatable bonds is 5. The normalized spacial score (nSPS) is 10.7. The number of hydrazone groups is 1. The smallest absolute Gasteiger partial charge is 0.305 e. The quantitative estimate of drug-likeness (QED) is 0.389. The Morgan fingerprint density at radius 2 is 2.22 bits per heavy atom. The van der Waals surface area contributed by atoms with Crippen LogP contribution in [-0.4, -0.2) is 18.8 Å². The van der Waals surface area contributed by atoms with Crippen LogP contribution in [0, 0.1) is 11.6 Å². The number of halogens is 3. The van der Waals surface area contributed by atoms with E-state index >= 15 is 0 Å². The molecule has 1 aromatic rings. The third-order valence-electron chi connectivity index (χ3n) is 1.89. The average Bonchev–Trinajstić information content (AvgIpc) is 2.34. The third kappa shape index (κ3) is 4.29. The molecule has 18 heavy (non-hydrogen) atoms. The molecule has 1 aromatic carbocycles. The van der Waals surface area contributed by atoms with Crippen molar-refractivity contribution in [3.8, 4) is 0 Å². The van der Waals surface area contributed by atoms with Gasteiger partial charge in [-0.1, -0.05) is 18.5 Å². The van der Waals surface area contributed by atoms with Gasteiger partial charge < -0.3 is 4.74 Å². The number of nitrogens with zero attached hydrogens (tertiary/aromatic N) is 1. The van der Waals surface area contributed by atoms with E-state index in [0.717, 1.165) is 6.07 Å². The zero-order valence-electron chi connectivity index (χ0n) is 9.54. The molecule has 98 valence electrons. The standard InChI is InChI=1S/C11H11ClF2N2O2/c1-2-11(17)18-4-3-15-16-10-5-7(12)8(13)6-9(10)14/h3,5-6,16H,2,4H2,1H3/b15-3+. The Morgan fingerprint density at radius 3 is 2.89 bits per heavy atom. The van der Waals surface area contributed by atoms with Gasteiger partial charge in [0, 0.05) is 12.5 Å². The van der Waals surface area contributed by atoms with Crippen LogP contribution < -0.4 is 5.43 Å². The summed E-state index contributed by atoms with van der Waals surface area (Å²) in [6, 6.07) is 1.72. The minimum absolute atomic E-state index is 0.0315. The van der Waals surface area contributed by atoms with Crippen molar-refractivity contribution in [2.24, 2.45) is 5.10 Å². The molecular formula is C11H11ClF2N2O2. The molecule has 0 heterocycles. The van der Waals surface area contributed by atoms with Crippen LogP contribution in [0.2, 0.25) is 5.02 Å². The van der Waals surface area contributed by atoms with Crippen molar-refractivity contribution in [1.82, 2.24) is 0 Å². The monoisotopic (exact) mass is 276 g/mol. The van der Waals surface area contributed by atoms with Crippen LogP contribution >= 0.6 is 11.6 Å². The van der Waals surface area contributed by atoms with E-state index < -0.39 is 11.6 Å². The summed E-state index contributed by atoms with van der Waals surface area (Å²) in [5.74, 6) is -2.03.